The van der Waals surface area contributed by atoms with E-state index in [9.17, 15) is 9.59 Å². The number of rotatable bonds is 9. The Morgan fingerprint density at radius 2 is 1.84 bits per heavy atom. The highest BCUT2D eigenvalue weighted by molar-refractivity contribution is 6.00. The topological polar surface area (TPSA) is 156 Å². The number of halogens is 1. The minimum Gasteiger partial charge on any atom is -0.376 e. The minimum absolute atomic E-state index is 0.127. The highest BCUT2D eigenvalue weighted by atomic mass is 19.1. The predicted octanol–water partition coefficient (Wildman–Crippen LogP) is 6.64. The van der Waals surface area contributed by atoms with Crippen molar-refractivity contribution in [1.29, 1.82) is 0 Å². The molecule has 2 atom stereocenters. The molecule has 15 nitrogen and oxygen atoms in total. The number of hydrogen-bond donors (Lipinski definition) is 1. The number of benzene rings is 2. The number of fused-ring (bicyclic) bond motifs is 3. The summed E-state index contributed by atoms with van der Waals surface area (Å²) in [4.78, 5) is 46.8. The van der Waals surface area contributed by atoms with Crippen molar-refractivity contribution in [2.45, 2.75) is 108 Å². The second kappa shape index (κ2) is 13.7. The van der Waals surface area contributed by atoms with E-state index in [1.807, 2.05) is 22.6 Å². The molecule has 4 aliphatic rings. The zero-order valence-corrected chi connectivity index (χ0v) is 34.9. The van der Waals surface area contributed by atoms with E-state index >= 15 is 9.18 Å². The number of ether oxygens (including phenoxy) is 1. The maximum absolute atomic E-state index is 16.0. The van der Waals surface area contributed by atoms with E-state index in [1.165, 1.54) is 35.6 Å². The summed E-state index contributed by atoms with van der Waals surface area (Å²) in [7, 11) is 1.75. The van der Waals surface area contributed by atoms with Crippen molar-refractivity contribution in [1.82, 2.24) is 48.3 Å². The van der Waals surface area contributed by atoms with Gasteiger partial charge in [-0.25, -0.2) is 18.7 Å². The number of aromatic nitrogens is 9. The zero-order chi connectivity index (χ0) is 41.9. The lowest BCUT2D eigenvalue weighted by atomic mass is 9.83. The third-order valence-electron chi connectivity index (χ3n) is 14.1. The number of aromatic amines is 1. The van der Waals surface area contributed by atoms with E-state index in [1.54, 1.807) is 40.8 Å². The van der Waals surface area contributed by atoms with Gasteiger partial charge in [-0.1, -0.05) is 30.5 Å². The van der Waals surface area contributed by atoms with E-state index in [-0.39, 0.29) is 17.2 Å². The van der Waals surface area contributed by atoms with Crippen molar-refractivity contribution in [3.8, 4) is 11.5 Å². The normalized spacial score (nSPS) is 21.0. The van der Waals surface area contributed by atoms with Crippen LogP contribution >= 0.6 is 0 Å². The molecule has 1 saturated heterocycles. The molecule has 1 N–H and O–H groups in total. The van der Waals surface area contributed by atoms with Crippen LogP contribution in [0.2, 0.25) is 0 Å². The summed E-state index contributed by atoms with van der Waals surface area (Å²) in [6.45, 7) is 7.96. The van der Waals surface area contributed by atoms with Gasteiger partial charge in [-0.05, 0) is 101 Å². The van der Waals surface area contributed by atoms with E-state index in [4.69, 9.17) is 14.4 Å². The Balaban J connectivity index is 1.01. The van der Waals surface area contributed by atoms with Crippen molar-refractivity contribution in [3.63, 3.8) is 0 Å². The number of H-pyrrole nitrogens is 1. The number of nitrogens with zero attached hydrogens (tertiary/aromatic N) is 9. The fourth-order valence-electron chi connectivity index (χ4n) is 10.5. The fraction of sp³-hybridized carbons (Fsp3) is 0.467. The van der Waals surface area contributed by atoms with Gasteiger partial charge in [0.2, 0.25) is 0 Å². The molecule has 3 fully saturated rings. The van der Waals surface area contributed by atoms with Gasteiger partial charge in [0.1, 0.15) is 17.1 Å². The Morgan fingerprint density at radius 3 is 2.57 bits per heavy atom. The molecule has 2 aliphatic carbocycles. The SMILES string of the molecule is C[C@H]1c2c(nn(CCC3CCC3)c2-n2ccn(-c3ccc4c(cnn4C)c3F)c2=O)CCN1C(=O)c1cc2cc([C@@H]3CCOC(C)(C)C3)ccc2n1C1(c2noc(=O)[nH]2)CC1. The molecule has 2 aliphatic heterocycles. The number of imidazole rings is 1. The van der Waals surface area contributed by atoms with Gasteiger partial charge in [0, 0.05) is 62.0 Å². The monoisotopic (exact) mass is 828 g/mol. The van der Waals surface area contributed by atoms with Gasteiger partial charge < -0.3 is 14.2 Å². The molecule has 16 heteroatoms. The summed E-state index contributed by atoms with van der Waals surface area (Å²) >= 11 is 0. The summed E-state index contributed by atoms with van der Waals surface area (Å²) in [6, 6.07) is 11.3. The molecule has 2 saturated carbocycles. The van der Waals surface area contributed by atoms with Crippen molar-refractivity contribution in [3.05, 3.63) is 110 Å². The van der Waals surface area contributed by atoms with E-state index in [0.717, 1.165) is 41.4 Å². The second-order valence-corrected chi connectivity index (χ2v) is 18.3. The third kappa shape index (κ3) is 5.99. The lowest BCUT2D eigenvalue weighted by Crippen LogP contribution is -2.41. The van der Waals surface area contributed by atoms with Crippen LogP contribution in [0.3, 0.4) is 0 Å². The van der Waals surface area contributed by atoms with Crippen LogP contribution in [-0.4, -0.2) is 73.0 Å². The highest BCUT2D eigenvalue weighted by Crippen LogP contribution is 2.51. The van der Waals surface area contributed by atoms with Crippen LogP contribution < -0.4 is 11.4 Å². The Kier molecular flexibility index (Phi) is 8.55. The molecule has 0 unspecified atom stereocenters. The lowest BCUT2D eigenvalue weighted by Gasteiger charge is -2.35. The second-order valence-electron chi connectivity index (χ2n) is 18.3. The van der Waals surface area contributed by atoms with Gasteiger partial charge in [-0.2, -0.15) is 10.2 Å². The lowest BCUT2D eigenvalue weighted by molar-refractivity contribution is -0.0592. The van der Waals surface area contributed by atoms with Crippen LogP contribution in [0.1, 0.15) is 117 Å². The maximum Gasteiger partial charge on any atom is 0.438 e. The largest absolute Gasteiger partial charge is 0.438 e. The van der Waals surface area contributed by atoms with Crippen molar-refractivity contribution in [2.75, 3.05) is 13.2 Å². The van der Waals surface area contributed by atoms with Crippen LogP contribution in [0.5, 0.6) is 0 Å². The molecule has 0 spiro atoms. The third-order valence-corrected chi connectivity index (χ3v) is 14.1. The fourth-order valence-corrected chi connectivity index (χ4v) is 10.5. The summed E-state index contributed by atoms with van der Waals surface area (Å²) in [6.07, 6.45) is 12.8. The molecule has 7 heterocycles. The average molecular weight is 829 g/mol. The van der Waals surface area contributed by atoms with Crippen molar-refractivity contribution >= 4 is 27.7 Å². The molecule has 0 radical (unpaired) electrons. The first-order valence-electron chi connectivity index (χ1n) is 21.6. The van der Waals surface area contributed by atoms with Gasteiger partial charge in [0.25, 0.3) is 5.91 Å². The van der Waals surface area contributed by atoms with Crippen molar-refractivity contribution < 1.29 is 18.4 Å². The Labute approximate surface area is 349 Å². The molecule has 1 amide bonds. The highest BCUT2D eigenvalue weighted by Gasteiger charge is 2.52. The van der Waals surface area contributed by atoms with Gasteiger partial charge in [-0.15, -0.1) is 0 Å². The van der Waals surface area contributed by atoms with Gasteiger partial charge in [0.15, 0.2) is 11.6 Å². The number of hydrogen-bond acceptors (Lipinski definition) is 8. The molecular formula is C45H49FN10O5. The molecular weight excluding hydrogens is 780 g/mol. The van der Waals surface area contributed by atoms with Crippen LogP contribution in [0.25, 0.3) is 33.3 Å². The molecule has 61 heavy (non-hydrogen) atoms. The zero-order valence-electron chi connectivity index (χ0n) is 34.9. The summed E-state index contributed by atoms with van der Waals surface area (Å²) in [5, 5.41) is 14.7. The number of nitrogens with one attached hydrogen (secondary N) is 1. The van der Waals surface area contributed by atoms with Crippen LogP contribution in [0.4, 0.5) is 4.39 Å². The maximum atomic E-state index is 16.0. The Hall–Kier alpha value is -6.03. The Bertz CT molecular complexity index is 3000. The van der Waals surface area contributed by atoms with Crippen LogP contribution in [-0.2, 0) is 30.3 Å². The van der Waals surface area contributed by atoms with E-state index in [2.05, 4.69) is 51.9 Å². The van der Waals surface area contributed by atoms with E-state index < -0.39 is 28.8 Å². The van der Waals surface area contributed by atoms with Gasteiger partial charge in [-0.3, -0.25) is 28.1 Å². The number of carbonyl (C=O) groups excluding carboxylic acids is 1. The van der Waals surface area contributed by atoms with Crippen molar-refractivity contribution in [2.24, 2.45) is 13.0 Å². The molecule has 316 valence electrons. The van der Waals surface area contributed by atoms with Crippen LogP contribution in [0, 0.1) is 11.7 Å². The molecule has 0 bridgehead atoms. The predicted molar refractivity (Wildman–Crippen MR) is 224 cm³/mol. The first-order valence-corrected chi connectivity index (χ1v) is 21.6. The molecule has 2 aromatic carbocycles. The number of carbonyl (C=O) groups is 1. The average Bonchev–Trinajstić information content (AvgIpc) is 3.66. The standard InChI is InChI=1S/C45H49FN10O5/c1-26-37-32(49-55(18-12-27-6-5-7-27)39(37)54-20-19-53(43(54)59)35-11-10-34-31(38(35)46)25-47-51(34)4)13-17-52(26)40(57)36-23-30-22-28(29-14-21-60-44(2,3)24-29)8-9-33(30)56(36)45(15-16-45)41-48-42(58)61-50-41/h8-11,19-20,22-23,25-27,29H,5-7,12-18,21,24H2,1-4H3,(H,48,50,58)/t26-,29+/m0/s1. The number of aryl methyl sites for hydroxylation is 2. The summed E-state index contributed by atoms with van der Waals surface area (Å²) in [5.74, 6) is 0.550. The summed E-state index contributed by atoms with van der Waals surface area (Å²) < 4.78 is 35.5. The van der Waals surface area contributed by atoms with Crippen LogP contribution in [0.15, 0.2) is 69.1 Å². The quantitative estimate of drug-likeness (QED) is 0.170. The smallest absolute Gasteiger partial charge is 0.376 e. The summed E-state index contributed by atoms with van der Waals surface area (Å²) in [5.41, 5.74) is 3.53. The Morgan fingerprint density at radius 1 is 1.03 bits per heavy atom. The number of amides is 1. The van der Waals surface area contributed by atoms with Gasteiger partial charge in [0.05, 0.1) is 40.1 Å². The van der Waals surface area contributed by atoms with Gasteiger partial charge >= 0.3 is 11.4 Å². The molecule has 7 aromatic rings. The molecule has 11 rings (SSSR count). The van der Waals surface area contributed by atoms with E-state index in [0.29, 0.717) is 79.0 Å². The molecule has 5 aromatic heterocycles. The first-order chi connectivity index (χ1) is 29.4. The first kappa shape index (κ1) is 37.9. The minimum atomic E-state index is -0.757.